The molecule has 2 aromatic heterocycles. The summed E-state index contributed by atoms with van der Waals surface area (Å²) in [6, 6.07) is 8.57. The maximum atomic E-state index is 13.6. The van der Waals surface area contributed by atoms with Crippen LogP contribution in [0.15, 0.2) is 51.4 Å². The number of aryl methyl sites for hydroxylation is 1. The highest BCUT2D eigenvalue weighted by atomic mass is 35.5. The number of hydrogen-bond acceptors (Lipinski definition) is 5. The number of carbonyl (C=O) groups is 1. The van der Waals surface area contributed by atoms with Crippen LogP contribution >= 0.6 is 22.9 Å². The lowest BCUT2D eigenvalue weighted by molar-refractivity contribution is -0.139. The molecule has 1 aromatic carbocycles. The first-order chi connectivity index (χ1) is 15.2. The number of thiazole rings is 1. The van der Waals surface area contributed by atoms with E-state index < -0.39 is 12.0 Å². The number of carbonyl (C=O) groups excluding carboxylic acids is 1. The largest absolute Gasteiger partial charge is 0.463 e. The second-order valence-electron chi connectivity index (χ2n) is 7.74. The van der Waals surface area contributed by atoms with Gasteiger partial charge in [-0.1, -0.05) is 35.1 Å². The Morgan fingerprint density at radius 2 is 1.94 bits per heavy atom. The van der Waals surface area contributed by atoms with Gasteiger partial charge >= 0.3 is 5.97 Å². The lowest BCUT2D eigenvalue weighted by Gasteiger charge is -2.24. The van der Waals surface area contributed by atoms with Gasteiger partial charge in [-0.2, -0.15) is 0 Å². The van der Waals surface area contributed by atoms with Gasteiger partial charge in [-0.3, -0.25) is 9.36 Å². The smallest absolute Gasteiger partial charge is 0.338 e. The molecular weight excluding hydrogens is 446 g/mol. The third-order valence-electron chi connectivity index (χ3n) is 5.80. The second kappa shape index (κ2) is 8.56. The minimum Gasteiger partial charge on any atom is -0.463 e. The van der Waals surface area contributed by atoms with Gasteiger partial charge in [0.25, 0.3) is 5.56 Å². The number of allylic oxidation sites excluding steroid dienone is 1. The molecule has 8 heteroatoms. The summed E-state index contributed by atoms with van der Waals surface area (Å²) >= 11 is 7.41. The number of halogens is 1. The van der Waals surface area contributed by atoms with Crippen molar-refractivity contribution in [3.05, 3.63) is 88.8 Å². The van der Waals surface area contributed by atoms with Crippen LogP contribution in [0.25, 0.3) is 6.08 Å². The fourth-order valence-corrected chi connectivity index (χ4v) is 5.09. The van der Waals surface area contributed by atoms with Crippen molar-refractivity contribution < 1.29 is 9.53 Å². The number of benzene rings is 1. The molecule has 3 heterocycles. The number of aromatic nitrogens is 2. The Bertz CT molecular complexity index is 1420. The number of ether oxygens (including phenoxy) is 1. The molecule has 0 spiro atoms. The molecule has 0 amide bonds. The summed E-state index contributed by atoms with van der Waals surface area (Å²) in [7, 11) is 2.00. The van der Waals surface area contributed by atoms with Gasteiger partial charge in [-0.15, -0.1) is 0 Å². The number of nitrogens with zero attached hydrogens (tertiary/aromatic N) is 3. The van der Waals surface area contributed by atoms with Crippen LogP contribution in [-0.2, 0) is 16.6 Å². The van der Waals surface area contributed by atoms with Crippen LogP contribution in [0.4, 0.5) is 0 Å². The zero-order valence-corrected chi connectivity index (χ0v) is 20.2. The van der Waals surface area contributed by atoms with E-state index in [9.17, 15) is 9.59 Å². The van der Waals surface area contributed by atoms with Crippen molar-refractivity contribution in [3.63, 3.8) is 0 Å². The van der Waals surface area contributed by atoms with Gasteiger partial charge in [0, 0.05) is 23.5 Å². The van der Waals surface area contributed by atoms with Crippen molar-refractivity contribution in [3.8, 4) is 0 Å². The van der Waals surface area contributed by atoms with Crippen molar-refractivity contribution in [1.82, 2.24) is 9.13 Å². The number of hydrogen-bond donors (Lipinski definition) is 0. The molecule has 1 atom stereocenters. The molecule has 0 unspecified atom stereocenters. The van der Waals surface area contributed by atoms with Gasteiger partial charge in [0.1, 0.15) is 0 Å². The fourth-order valence-electron chi connectivity index (χ4n) is 3.92. The highest BCUT2D eigenvalue weighted by molar-refractivity contribution is 7.07. The van der Waals surface area contributed by atoms with Crippen molar-refractivity contribution in [2.45, 2.75) is 33.7 Å². The van der Waals surface area contributed by atoms with Crippen LogP contribution in [0, 0.1) is 13.8 Å². The monoisotopic (exact) mass is 469 g/mol. The molecule has 0 radical (unpaired) electrons. The molecule has 3 aromatic rings. The van der Waals surface area contributed by atoms with Crippen molar-refractivity contribution >= 4 is 35.0 Å². The van der Waals surface area contributed by atoms with Crippen LogP contribution in [0.2, 0.25) is 5.02 Å². The predicted octanol–water partition coefficient (Wildman–Crippen LogP) is 3.41. The molecule has 0 saturated carbocycles. The molecule has 1 aliphatic heterocycles. The van der Waals surface area contributed by atoms with Crippen molar-refractivity contribution in [1.29, 1.82) is 0 Å². The zero-order chi connectivity index (χ0) is 23.2. The first-order valence-corrected chi connectivity index (χ1v) is 11.5. The Kier molecular flexibility index (Phi) is 5.97. The summed E-state index contributed by atoms with van der Waals surface area (Å²) in [6.45, 7) is 7.82. The van der Waals surface area contributed by atoms with Gasteiger partial charge in [-0.25, -0.2) is 9.79 Å². The summed E-state index contributed by atoms with van der Waals surface area (Å²) < 4.78 is 9.55. The first kappa shape index (κ1) is 22.3. The summed E-state index contributed by atoms with van der Waals surface area (Å²) in [5.41, 5.74) is 4.66. The van der Waals surface area contributed by atoms with Crippen LogP contribution < -0.4 is 14.9 Å². The maximum Gasteiger partial charge on any atom is 0.338 e. The standard InChI is InChI=1S/C24H24ClN3O3S/c1-6-31-23(30)20-14(3)26-24-28(21(20)16-7-9-18(25)10-8-16)22(29)19(32-24)12-17-11-13(2)27(5)15(17)4/h7-12,21H,6H2,1-5H3/b19-12+/t21-/m1/s1. The van der Waals surface area contributed by atoms with Crippen LogP contribution in [0.5, 0.6) is 0 Å². The molecular formula is C24H24ClN3O3S. The molecule has 32 heavy (non-hydrogen) atoms. The molecule has 0 bridgehead atoms. The number of fused-ring (bicyclic) bond motifs is 1. The number of esters is 1. The molecule has 4 rings (SSSR count). The van der Waals surface area contributed by atoms with E-state index in [1.807, 2.05) is 39.1 Å². The van der Waals surface area contributed by atoms with Gasteiger partial charge in [-0.05, 0) is 63.1 Å². The van der Waals surface area contributed by atoms with E-state index in [0.717, 1.165) is 22.5 Å². The predicted molar refractivity (Wildman–Crippen MR) is 127 cm³/mol. The van der Waals surface area contributed by atoms with Crippen LogP contribution in [0.1, 0.15) is 42.4 Å². The van der Waals surface area contributed by atoms with Gasteiger partial charge in [0.15, 0.2) is 4.80 Å². The lowest BCUT2D eigenvalue weighted by atomic mass is 9.96. The van der Waals surface area contributed by atoms with E-state index in [0.29, 0.717) is 25.6 Å². The Labute approximate surface area is 194 Å². The summed E-state index contributed by atoms with van der Waals surface area (Å²) in [4.78, 5) is 31.6. The highest BCUT2D eigenvalue weighted by Crippen LogP contribution is 2.31. The first-order valence-electron chi connectivity index (χ1n) is 10.3. The van der Waals surface area contributed by atoms with E-state index in [2.05, 4.69) is 15.6 Å². The third kappa shape index (κ3) is 3.76. The Morgan fingerprint density at radius 1 is 1.25 bits per heavy atom. The van der Waals surface area contributed by atoms with Crippen molar-refractivity contribution in [2.75, 3.05) is 6.61 Å². The lowest BCUT2D eigenvalue weighted by Crippen LogP contribution is -2.39. The molecule has 1 aliphatic rings. The van der Waals surface area contributed by atoms with E-state index in [4.69, 9.17) is 16.3 Å². The molecule has 0 aliphatic carbocycles. The minimum atomic E-state index is -0.636. The molecule has 6 nitrogen and oxygen atoms in total. The molecule has 0 N–H and O–H groups in total. The summed E-state index contributed by atoms with van der Waals surface area (Å²) in [5.74, 6) is -0.475. The van der Waals surface area contributed by atoms with E-state index in [1.165, 1.54) is 11.3 Å². The van der Waals surface area contributed by atoms with Crippen molar-refractivity contribution in [2.24, 2.45) is 12.0 Å². The van der Waals surface area contributed by atoms with E-state index in [1.54, 1.807) is 30.5 Å². The third-order valence-corrected chi connectivity index (χ3v) is 7.04. The molecule has 166 valence electrons. The quantitative estimate of drug-likeness (QED) is 0.550. The molecule has 0 saturated heterocycles. The Morgan fingerprint density at radius 3 is 2.53 bits per heavy atom. The molecule has 0 fully saturated rings. The average molecular weight is 470 g/mol. The Balaban J connectivity index is 1.97. The van der Waals surface area contributed by atoms with E-state index in [-0.39, 0.29) is 12.2 Å². The maximum absolute atomic E-state index is 13.6. The van der Waals surface area contributed by atoms with Crippen LogP contribution in [0.3, 0.4) is 0 Å². The van der Waals surface area contributed by atoms with Gasteiger partial charge in [0.2, 0.25) is 0 Å². The van der Waals surface area contributed by atoms with Gasteiger partial charge in [0.05, 0.1) is 28.5 Å². The summed E-state index contributed by atoms with van der Waals surface area (Å²) in [6.07, 6.45) is 1.90. The fraction of sp³-hybridized carbons (Fsp3) is 0.292. The highest BCUT2D eigenvalue weighted by Gasteiger charge is 2.33. The summed E-state index contributed by atoms with van der Waals surface area (Å²) in [5, 5.41) is 0.578. The van der Waals surface area contributed by atoms with Crippen LogP contribution in [-0.4, -0.2) is 21.7 Å². The Hall–Kier alpha value is -2.90. The SMILES string of the molecule is CCOC(=O)C1=C(C)N=c2s/c(=C/c3cc(C)n(C)c3C)c(=O)n2[C@@H]1c1ccc(Cl)cc1. The topological polar surface area (TPSA) is 65.6 Å². The average Bonchev–Trinajstić information content (AvgIpc) is 3.18. The number of rotatable bonds is 4. The van der Waals surface area contributed by atoms with Gasteiger partial charge < -0.3 is 9.30 Å². The second-order valence-corrected chi connectivity index (χ2v) is 9.18. The van der Waals surface area contributed by atoms with E-state index >= 15 is 0 Å². The minimum absolute atomic E-state index is 0.191. The zero-order valence-electron chi connectivity index (χ0n) is 18.6. The normalized spacial score (nSPS) is 16.2.